The third-order valence-electron chi connectivity index (χ3n) is 2.27. The zero-order valence-corrected chi connectivity index (χ0v) is 13.8. The van der Waals surface area contributed by atoms with Crippen LogP contribution in [0.3, 0.4) is 0 Å². The van der Waals surface area contributed by atoms with E-state index >= 15 is 0 Å². The molecule has 90 valence electrons. The van der Waals surface area contributed by atoms with Gasteiger partial charge in [-0.2, -0.15) is 0 Å². The summed E-state index contributed by atoms with van der Waals surface area (Å²) in [5.74, 6) is 1.20. The van der Waals surface area contributed by atoms with Crippen molar-refractivity contribution >= 4 is 58.7 Å². The van der Waals surface area contributed by atoms with Crippen molar-refractivity contribution in [1.29, 1.82) is 0 Å². The van der Waals surface area contributed by atoms with Crippen LogP contribution < -0.4 is 9.47 Å². The van der Waals surface area contributed by atoms with Crippen LogP contribution in [0.2, 0.25) is 0 Å². The summed E-state index contributed by atoms with van der Waals surface area (Å²) < 4.78 is 13.2. The van der Waals surface area contributed by atoms with E-state index < -0.39 is 0 Å². The van der Waals surface area contributed by atoms with Crippen LogP contribution in [0.5, 0.6) is 11.6 Å². The van der Waals surface area contributed by atoms with E-state index in [0.29, 0.717) is 16.1 Å². The molecular weight excluding hydrogens is 418 g/mol. The molecule has 17 heavy (non-hydrogen) atoms. The second-order valence-electron chi connectivity index (χ2n) is 3.25. The standard InChI is InChI=1S/C11H8Br3NO2/c1-16-10-6-3-5(12)4-7(13)9(6)15-11(17-2)8(10)14/h3-4H,1-2H3. The van der Waals surface area contributed by atoms with Crippen LogP contribution >= 0.6 is 47.8 Å². The molecule has 3 nitrogen and oxygen atoms in total. The topological polar surface area (TPSA) is 31.4 Å². The number of halogens is 3. The van der Waals surface area contributed by atoms with Crippen molar-refractivity contribution in [3.8, 4) is 11.6 Å². The fourth-order valence-corrected chi connectivity index (χ4v) is 3.49. The van der Waals surface area contributed by atoms with Gasteiger partial charge in [-0.15, -0.1) is 0 Å². The molecular formula is C11H8Br3NO2. The Hall–Kier alpha value is -0.330. The van der Waals surface area contributed by atoms with E-state index in [1.165, 1.54) is 0 Å². The van der Waals surface area contributed by atoms with Crippen LogP contribution in [0.4, 0.5) is 0 Å². The Morgan fingerprint density at radius 2 is 1.76 bits per heavy atom. The molecule has 0 aliphatic heterocycles. The molecule has 0 saturated heterocycles. The average Bonchev–Trinajstić information content (AvgIpc) is 2.28. The molecule has 0 N–H and O–H groups in total. The van der Waals surface area contributed by atoms with E-state index in [-0.39, 0.29) is 0 Å². The monoisotopic (exact) mass is 423 g/mol. The molecule has 0 radical (unpaired) electrons. The number of rotatable bonds is 2. The average molecular weight is 426 g/mol. The highest BCUT2D eigenvalue weighted by atomic mass is 79.9. The van der Waals surface area contributed by atoms with E-state index in [2.05, 4.69) is 52.8 Å². The summed E-state index contributed by atoms with van der Waals surface area (Å²) in [5, 5.41) is 0.904. The lowest BCUT2D eigenvalue weighted by Crippen LogP contribution is -1.95. The number of aromatic nitrogens is 1. The summed E-state index contributed by atoms with van der Waals surface area (Å²) in [6, 6.07) is 3.89. The zero-order valence-electron chi connectivity index (χ0n) is 9.05. The van der Waals surface area contributed by atoms with Crippen molar-refractivity contribution in [3.05, 3.63) is 25.6 Å². The van der Waals surface area contributed by atoms with Crippen LogP contribution in [-0.4, -0.2) is 19.2 Å². The van der Waals surface area contributed by atoms with Crippen molar-refractivity contribution in [2.24, 2.45) is 0 Å². The first-order chi connectivity index (χ1) is 8.08. The third kappa shape index (κ3) is 2.30. The van der Waals surface area contributed by atoms with Crippen molar-refractivity contribution in [2.75, 3.05) is 14.2 Å². The lowest BCUT2D eigenvalue weighted by Gasteiger charge is -2.12. The summed E-state index contributed by atoms with van der Waals surface area (Å²) in [5.41, 5.74) is 0.796. The lowest BCUT2D eigenvalue weighted by molar-refractivity contribution is 0.381. The van der Waals surface area contributed by atoms with Crippen LogP contribution in [0.15, 0.2) is 25.6 Å². The van der Waals surface area contributed by atoms with Crippen molar-refractivity contribution in [2.45, 2.75) is 0 Å². The predicted molar refractivity (Wildman–Crippen MR) is 77.9 cm³/mol. The zero-order chi connectivity index (χ0) is 12.6. The van der Waals surface area contributed by atoms with Gasteiger partial charge in [-0.1, -0.05) is 15.9 Å². The fraction of sp³-hybridized carbons (Fsp3) is 0.182. The number of methoxy groups -OCH3 is 2. The lowest BCUT2D eigenvalue weighted by atomic mass is 10.2. The Labute approximate surface area is 124 Å². The molecule has 0 spiro atoms. The molecule has 0 atom stereocenters. The Morgan fingerprint density at radius 3 is 2.35 bits per heavy atom. The van der Waals surface area contributed by atoms with E-state index in [4.69, 9.17) is 9.47 Å². The number of hydrogen-bond acceptors (Lipinski definition) is 3. The second kappa shape index (κ2) is 5.12. The van der Waals surface area contributed by atoms with Gasteiger partial charge in [0, 0.05) is 14.3 Å². The number of ether oxygens (including phenoxy) is 2. The molecule has 1 aromatic heterocycles. The predicted octanol–water partition coefficient (Wildman–Crippen LogP) is 4.54. The largest absolute Gasteiger partial charge is 0.495 e. The van der Waals surface area contributed by atoms with Gasteiger partial charge < -0.3 is 9.47 Å². The molecule has 0 unspecified atom stereocenters. The Balaban J connectivity index is 2.92. The van der Waals surface area contributed by atoms with Crippen LogP contribution in [-0.2, 0) is 0 Å². The molecule has 0 fully saturated rings. The van der Waals surface area contributed by atoms with Gasteiger partial charge >= 0.3 is 0 Å². The maximum absolute atomic E-state index is 5.40. The number of fused-ring (bicyclic) bond motifs is 1. The molecule has 0 saturated carbocycles. The number of hydrogen-bond donors (Lipinski definition) is 0. The number of pyridine rings is 1. The summed E-state index contributed by atoms with van der Waals surface area (Å²) in [7, 11) is 3.19. The van der Waals surface area contributed by atoms with Gasteiger partial charge in [0.05, 0.1) is 19.7 Å². The van der Waals surface area contributed by atoms with Gasteiger partial charge in [-0.25, -0.2) is 4.98 Å². The minimum absolute atomic E-state index is 0.498. The summed E-state index contributed by atoms with van der Waals surface area (Å²) in [6.07, 6.45) is 0. The van der Waals surface area contributed by atoms with Gasteiger partial charge in [0.15, 0.2) is 0 Å². The van der Waals surface area contributed by atoms with Crippen molar-refractivity contribution in [1.82, 2.24) is 4.98 Å². The highest BCUT2D eigenvalue weighted by molar-refractivity contribution is 9.11. The SMILES string of the molecule is COc1nc2c(Br)cc(Br)cc2c(OC)c1Br. The number of nitrogens with zero attached hydrogens (tertiary/aromatic N) is 1. The van der Waals surface area contributed by atoms with E-state index in [0.717, 1.165) is 19.8 Å². The molecule has 0 bridgehead atoms. The van der Waals surface area contributed by atoms with E-state index in [1.54, 1.807) is 14.2 Å². The first-order valence-corrected chi connectivity index (χ1v) is 7.02. The van der Waals surface area contributed by atoms with Crippen molar-refractivity contribution < 1.29 is 9.47 Å². The summed E-state index contributed by atoms with van der Waals surface area (Å²) >= 11 is 10.4. The molecule has 0 aliphatic rings. The molecule has 6 heteroatoms. The molecule has 2 rings (SSSR count). The van der Waals surface area contributed by atoms with E-state index in [9.17, 15) is 0 Å². The van der Waals surface area contributed by atoms with Crippen LogP contribution in [0.25, 0.3) is 10.9 Å². The molecule has 2 aromatic rings. The second-order valence-corrected chi connectivity index (χ2v) is 5.82. The van der Waals surface area contributed by atoms with Gasteiger partial charge in [-0.3, -0.25) is 0 Å². The molecule has 1 heterocycles. The Kier molecular flexibility index (Phi) is 3.95. The van der Waals surface area contributed by atoms with Crippen molar-refractivity contribution in [3.63, 3.8) is 0 Å². The normalized spacial score (nSPS) is 10.6. The van der Waals surface area contributed by atoms with Gasteiger partial charge in [-0.05, 0) is 44.0 Å². The third-order valence-corrected chi connectivity index (χ3v) is 4.03. The quantitative estimate of drug-likeness (QED) is 0.708. The van der Waals surface area contributed by atoms with Gasteiger partial charge in [0.1, 0.15) is 10.2 Å². The highest BCUT2D eigenvalue weighted by Gasteiger charge is 2.16. The Morgan fingerprint density at radius 1 is 1.06 bits per heavy atom. The maximum atomic E-state index is 5.40. The molecule has 0 aliphatic carbocycles. The van der Waals surface area contributed by atoms with Gasteiger partial charge in [0.25, 0.3) is 0 Å². The smallest absolute Gasteiger partial charge is 0.232 e. The highest BCUT2D eigenvalue weighted by Crippen LogP contribution is 2.41. The minimum Gasteiger partial charge on any atom is -0.495 e. The summed E-state index contributed by atoms with van der Waals surface area (Å²) in [6.45, 7) is 0. The van der Waals surface area contributed by atoms with Crippen LogP contribution in [0.1, 0.15) is 0 Å². The summed E-state index contributed by atoms with van der Waals surface area (Å²) in [4.78, 5) is 4.43. The van der Waals surface area contributed by atoms with Crippen LogP contribution in [0, 0.1) is 0 Å². The maximum Gasteiger partial charge on any atom is 0.232 e. The van der Waals surface area contributed by atoms with Gasteiger partial charge in [0.2, 0.25) is 5.88 Å². The minimum atomic E-state index is 0.498. The Bertz CT molecular complexity index is 587. The number of benzene rings is 1. The fourth-order valence-electron chi connectivity index (χ4n) is 1.55. The molecule has 1 aromatic carbocycles. The first kappa shape index (κ1) is 13.1. The molecule has 0 amide bonds. The van der Waals surface area contributed by atoms with E-state index in [1.807, 2.05) is 12.1 Å². The first-order valence-electron chi connectivity index (χ1n) is 4.64.